The van der Waals surface area contributed by atoms with Gasteiger partial charge in [0, 0.05) is 227 Å². The standard InChI is InChI=1S/C24H26F2N2O2S.C24H29FN4OS.C24H28FN3O2S.C22H23F2N3OS.C21H22FN3O2S/c1-29-23-7-4-20(26)14-18(23)15-24-27-22(16-31-24)17-2-5-21(6-3-17)30-13-12-28-10-8-19(25)9-11-28;1-17(2)29-12-10-28(11-13-29)15-18-4-6-19(7-5-18)22-16-31-24(27-22)26-21-14-20(25)8-9-23(21)30-3;1-27-9-11-28(12-10-27)13-14-30-21-6-3-18(4-7-21)22-17-31-24(26-22)16-19-15-20(25)5-8-23(19)29-2;1-28-21-7-6-18(24)12-19(21)25-22-26-20(14-29-22)16-4-2-15(3-5-16)13-27-10-8-17(23)9-11-27;1-26-20-7-6-17(22)12-18(20)23-21-24-19(14-28-21)16-4-2-15(3-5-16)13-25-8-10-27-11-9-25/h2-7,14,16,19H,8-13,15H2,1H3;4-9,14,16-17H,10-13,15H2,1-3H3,(H,26,27);3-8,15,17H,9-14,16H2,1-2H3;2-7,12,14,17H,8-11,13H2,1H3,(H,25,26);2-7,12,14H,8-11,13H2,1H3,(H,23,24). The SMILES string of the molecule is COc1ccc(F)cc1Cc1nc(-c2ccc(OCCN3CCC(F)CC3)cc2)cs1.COc1ccc(F)cc1Cc1nc(-c2ccc(OCCN3CCN(C)CC3)cc2)cs1.COc1ccc(F)cc1Nc1nc(-c2ccc(CN3CCC(F)CC3)cc2)cs1.COc1ccc(F)cc1Nc1nc(-c2ccc(CN3CCN(C(C)C)CC3)cc2)cs1.COc1ccc(F)cc1Nc1nc(-c2ccc(CN3CCOCC3)cc2)cs1. The number of alkyl halides is 2. The minimum absolute atomic E-state index is 0.268. The Morgan fingerprint density at radius 2 is 0.627 bits per heavy atom. The van der Waals surface area contributed by atoms with E-state index in [0.29, 0.717) is 119 Å². The van der Waals surface area contributed by atoms with E-state index in [2.05, 4.69) is 159 Å². The average molecular weight is 2140 g/mol. The minimum Gasteiger partial charge on any atom is -0.496 e. The molecule has 790 valence electrons. The highest BCUT2D eigenvalue weighted by Gasteiger charge is 2.25. The molecule has 0 bridgehead atoms. The Kier molecular flexibility index (Phi) is 40.8. The summed E-state index contributed by atoms with van der Waals surface area (Å²) in [5.74, 6) is 3.21. The summed E-state index contributed by atoms with van der Waals surface area (Å²) in [6.07, 6.45) is 2.27. The molecule has 5 aliphatic rings. The zero-order chi connectivity index (χ0) is 105. The van der Waals surface area contributed by atoms with Crippen molar-refractivity contribution in [2.24, 2.45) is 0 Å². The summed E-state index contributed by atoms with van der Waals surface area (Å²) >= 11 is 7.53. The van der Waals surface area contributed by atoms with Crippen LogP contribution in [0, 0.1) is 29.1 Å². The number of ether oxygens (including phenoxy) is 8. The quantitative estimate of drug-likeness (QED) is 0.0317. The third kappa shape index (κ3) is 32.8. The van der Waals surface area contributed by atoms with Crippen LogP contribution in [0.2, 0.25) is 0 Å². The highest BCUT2D eigenvalue weighted by atomic mass is 32.1. The van der Waals surface area contributed by atoms with E-state index in [1.165, 1.54) is 111 Å². The molecule has 3 N–H and O–H groups in total. The fraction of sp³-hybridized carbons (Fsp3) is 0.348. The van der Waals surface area contributed by atoms with Crippen LogP contribution in [0.1, 0.15) is 77.4 Å². The van der Waals surface area contributed by atoms with Crippen LogP contribution >= 0.6 is 56.7 Å². The summed E-state index contributed by atoms with van der Waals surface area (Å²) in [7, 11) is 10.0. The van der Waals surface area contributed by atoms with Gasteiger partial charge >= 0.3 is 0 Å². The highest BCUT2D eigenvalue weighted by Crippen LogP contribution is 2.39. The van der Waals surface area contributed by atoms with E-state index in [1.807, 2.05) is 75.4 Å². The van der Waals surface area contributed by atoms with Gasteiger partial charge in [-0.1, -0.05) is 72.8 Å². The Hall–Kier alpha value is -12.5. The van der Waals surface area contributed by atoms with Crippen LogP contribution in [0.4, 0.5) is 63.2 Å². The lowest BCUT2D eigenvalue weighted by Crippen LogP contribution is -2.48. The first kappa shape index (κ1) is 110. The van der Waals surface area contributed by atoms with Gasteiger partial charge in [-0.15, -0.1) is 56.7 Å². The van der Waals surface area contributed by atoms with Crippen LogP contribution in [0.25, 0.3) is 56.3 Å². The van der Waals surface area contributed by atoms with Crippen molar-refractivity contribution in [3.63, 3.8) is 0 Å². The first-order valence-electron chi connectivity index (χ1n) is 50.4. The molecule has 20 rings (SSSR count). The molecule has 5 aliphatic heterocycles. The van der Waals surface area contributed by atoms with Crippen LogP contribution in [0.5, 0.6) is 40.2 Å². The second-order valence-electron chi connectivity index (χ2n) is 37.3. The molecule has 5 saturated heterocycles. The maximum absolute atomic E-state index is 13.6. The lowest BCUT2D eigenvalue weighted by molar-refractivity contribution is 0.0342. The number of hydrogen-bond acceptors (Lipinski definition) is 28. The number of aromatic nitrogens is 5. The van der Waals surface area contributed by atoms with E-state index in [-0.39, 0.29) is 29.1 Å². The third-order valence-corrected chi connectivity index (χ3v) is 30.5. The van der Waals surface area contributed by atoms with Crippen molar-refractivity contribution in [2.45, 2.75) is 90.4 Å². The zero-order valence-corrected chi connectivity index (χ0v) is 89.7. The van der Waals surface area contributed by atoms with Gasteiger partial charge in [0.1, 0.15) is 94.9 Å². The van der Waals surface area contributed by atoms with Gasteiger partial charge in [-0.05, 0) is 185 Å². The predicted molar refractivity (Wildman–Crippen MR) is 591 cm³/mol. The van der Waals surface area contributed by atoms with Crippen molar-refractivity contribution in [2.75, 3.05) is 190 Å². The number of likely N-dealkylation sites (N-methyl/N-ethyl adjacent to an activating group) is 1. The normalized spacial score (nSPS) is 15.2. The number of rotatable bonds is 35. The van der Waals surface area contributed by atoms with Crippen LogP contribution < -0.4 is 49.1 Å². The molecule has 35 heteroatoms. The molecule has 0 amide bonds. The molecule has 0 radical (unpaired) electrons. The largest absolute Gasteiger partial charge is 0.496 e. The Bertz CT molecular complexity index is 6530. The van der Waals surface area contributed by atoms with E-state index in [1.54, 1.807) is 88.6 Å². The molecule has 0 unspecified atom stereocenters. The van der Waals surface area contributed by atoms with Gasteiger partial charge in [0.25, 0.3) is 0 Å². The van der Waals surface area contributed by atoms with E-state index >= 15 is 0 Å². The van der Waals surface area contributed by atoms with Gasteiger partial charge in [-0.3, -0.25) is 29.4 Å². The lowest BCUT2D eigenvalue weighted by atomic mass is 10.1. The second-order valence-corrected chi connectivity index (χ2v) is 41.7. The molecule has 23 nitrogen and oxygen atoms in total. The number of thiazole rings is 5. The second kappa shape index (κ2) is 55.5. The lowest BCUT2D eigenvalue weighted by Gasteiger charge is -2.36. The van der Waals surface area contributed by atoms with Gasteiger partial charge in [0.2, 0.25) is 0 Å². The monoisotopic (exact) mass is 2140 g/mol. The van der Waals surface area contributed by atoms with Crippen molar-refractivity contribution in [3.8, 4) is 96.5 Å². The summed E-state index contributed by atoms with van der Waals surface area (Å²) < 4.78 is 138. The van der Waals surface area contributed by atoms with Gasteiger partial charge < -0.3 is 58.7 Å². The molecule has 150 heavy (non-hydrogen) atoms. The Morgan fingerprint density at radius 3 is 0.973 bits per heavy atom. The number of morpholine rings is 1. The van der Waals surface area contributed by atoms with E-state index in [0.717, 1.165) is 226 Å². The van der Waals surface area contributed by atoms with E-state index in [4.69, 9.17) is 47.9 Å². The molecule has 5 fully saturated rings. The molecule has 10 heterocycles. The van der Waals surface area contributed by atoms with Crippen molar-refractivity contribution in [1.29, 1.82) is 0 Å². The van der Waals surface area contributed by atoms with E-state index in [9.17, 15) is 30.7 Å². The number of hydrogen-bond donors (Lipinski definition) is 3. The summed E-state index contributed by atoms with van der Waals surface area (Å²) in [4.78, 5) is 40.1. The van der Waals surface area contributed by atoms with Crippen LogP contribution in [-0.2, 0) is 37.2 Å². The molecule has 5 aromatic heterocycles. The molecular formula is C115H128F7N15O8S5. The summed E-state index contributed by atoms with van der Waals surface area (Å²) in [5.41, 5.74) is 16.7. The van der Waals surface area contributed by atoms with Gasteiger partial charge in [0.05, 0.1) is 104 Å². The molecule has 0 saturated carbocycles. The van der Waals surface area contributed by atoms with E-state index < -0.39 is 12.3 Å². The van der Waals surface area contributed by atoms with Crippen molar-refractivity contribution >= 4 is 89.1 Å². The number of piperazine rings is 2. The summed E-state index contributed by atoms with van der Waals surface area (Å²) in [5, 5.41) is 23.3. The van der Waals surface area contributed by atoms with Gasteiger partial charge in [-0.2, -0.15) is 0 Å². The number of benzene rings is 10. The van der Waals surface area contributed by atoms with Crippen LogP contribution in [0.3, 0.4) is 0 Å². The smallest absolute Gasteiger partial charge is 0.187 e. The van der Waals surface area contributed by atoms with Crippen molar-refractivity contribution in [3.05, 3.63) is 306 Å². The molecule has 0 spiro atoms. The number of halogens is 7. The topological polar surface area (TPSA) is 197 Å². The molecule has 0 aliphatic carbocycles. The number of likely N-dealkylation sites (tertiary alicyclic amines) is 2. The zero-order valence-electron chi connectivity index (χ0n) is 85.7. The summed E-state index contributed by atoms with van der Waals surface area (Å²) in [6.45, 7) is 26.1. The van der Waals surface area contributed by atoms with Crippen molar-refractivity contribution < 1.29 is 68.6 Å². The minimum atomic E-state index is -0.646. The number of nitrogens with zero attached hydrogens (tertiary/aromatic N) is 12. The van der Waals surface area contributed by atoms with Crippen molar-refractivity contribution in [1.82, 2.24) is 59.2 Å². The molecule has 15 aromatic rings. The van der Waals surface area contributed by atoms with Crippen LogP contribution in [-0.4, -0.2) is 251 Å². The van der Waals surface area contributed by atoms with Gasteiger partial charge in [0.15, 0.2) is 15.4 Å². The first-order valence-corrected chi connectivity index (χ1v) is 54.8. The maximum Gasteiger partial charge on any atom is 0.187 e. The molecular weight excluding hydrogens is 2010 g/mol. The number of methoxy groups -OCH3 is 5. The maximum atomic E-state index is 13.6. The number of anilines is 6. The first-order chi connectivity index (χ1) is 73.0. The molecule has 10 aromatic carbocycles. The fourth-order valence-corrected chi connectivity index (χ4v) is 21.7. The Labute approximate surface area is 893 Å². The molecule has 0 atom stereocenters. The predicted octanol–water partition coefficient (Wildman–Crippen LogP) is 24.9. The fourth-order valence-electron chi connectivity index (χ4n) is 17.8. The summed E-state index contributed by atoms with van der Waals surface area (Å²) in [6, 6.07) is 64.2. The average Bonchev–Trinajstić information content (AvgIpc) is 1.71. The Balaban J connectivity index is 0.000000134. The number of nitrogens with one attached hydrogen (secondary N) is 3. The highest BCUT2D eigenvalue weighted by molar-refractivity contribution is 7.14. The van der Waals surface area contributed by atoms with Gasteiger partial charge in [-0.25, -0.2) is 55.7 Å². The Morgan fingerprint density at radius 1 is 0.333 bits per heavy atom. The number of piperidine rings is 2. The third-order valence-electron chi connectivity index (χ3n) is 26.5. The van der Waals surface area contributed by atoms with Crippen LogP contribution in [0.15, 0.2) is 239 Å².